The molecule has 19 heavy (non-hydrogen) atoms. The molecule has 1 heterocycles. The van der Waals surface area contributed by atoms with Crippen LogP contribution in [0.25, 0.3) is 0 Å². The van der Waals surface area contributed by atoms with Gasteiger partial charge >= 0.3 is 0 Å². The van der Waals surface area contributed by atoms with E-state index in [9.17, 15) is 4.79 Å². The number of carbonyl (C=O) groups is 1. The maximum absolute atomic E-state index is 12.1. The van der Waals surface area contributed by atoms with Crippen molar-refractivity contribution in [2.75, 3.05) is 0 Å². The van der Waals surface area contributed by atoms with Gasteiger partial charge in [0.05, 0.1) is 6.42 Å². The summed E-state index contributed by atoms with van der Waals surface area (Å²) in [4.78, 5) is 16.3. The third-order valence-corrected chi connectivity index (χ3v) is 2.98. The van der Waals surface area contributed by atoms with Crippen LogP contribution in [0.5, 0.6) is 0 Å². The van der Waals surface area contributed by atoms with Crippen LogP contribution in [0, 0.1) is 6.92 Å². The summed E-state index contributed by atoms with van der Waals surface area (Å²) in [5, 5.41) is 4.14. The number of carbonyl (C=O) groups excluding carboxylic acids is 1. The molecular weight excluding hydrogens is 238 g/mol. The Morgan fingerprint density at radius 3 is 2.79 bits per heavy atom. The number of nitrogens with zero attached hydrogens (tertiary/aromatic N) is 3. The van der Waals surface area contributed by atoms with Crippen LogP contribution in [0.3, 0.4) is 0 Å². The van der Waals surface area contributed by atoms with E-state index >= 15 is 0 Å². The van der Waals surface area contributed by atoms with E-state index in [1.54, 1.807) is 4.68 Å². The standard InChI is InChI=1S/C15H19N3O/c1-11(2)18-15(16-10-17-18)9-14(19)8-13-6-4-5-12(3)7-13/h4-7,10-11H,8-9H2,1-3H3. The summed E-state index contributed by atoms with van der Waals surface area (Å²) in [5.74, 6) is 0.910. The number of hydrogen-bond acceptors (Lipinski definition) is 3. The Bertz CT molecular complexity index is 572. The maximum Gasteiger partial charge on any atom is 0.144 e. The second-order valence-corrected chi connectivity index (χ2v) is 5.10. The molecule has 1 aromatic heterocycles. The average molecular weight is 257 g/mol. The summed E-state index contributed by atoms with van der Waals surface area (Å²) in [7, 11) is 0. The molecule has 4 nitrogen and oxygen atoms in total. The highest BCUT2D eigenvalue weighted by Crippen LogP contribution is 2.09. The molecule has 0 aliphatic carbocycles. The van der Waals surface area contributed by atoms with Crippen LogP contribution in [-0.2, 0) is 17.6 Å². The van der Waals surface area contributed by atoms with Crippen molar-refractivity contribution in [3.05, 3.63) is 47.5 Å². The van der Waals surface area contributed by atoms with Crippen molar-refractivity contribution in [1.29, 1.82) is 0 Å². The van der Waals surface area contributed by atoms with Crippen molar-refractivity contribution in [1.82, 2.24) is 14.8 Å². The number of aryl methyl sites for hydroxylation is 1. The van der Waals surface area contributed by atoms with E-state index in [4.69, 9.17) is 0 Å². The van der Waals surface area contributed by atoms with Crippen LogP contribution in [0.1, 0.15) is 36.8 Å². The minimum Gasteiger partial charge on any atom is -0.299 e. The Balaban J connectivity index is 2.03. The maximum atomic E-state index is 12.1. The van der Waals surface area contributed by atoms with Gasteiger partial charge in [-0.15, -0.1) is 0 Å². The van der Waals surface area contributed by atoms with Crippen molar-refractivity contribution in [2.24, 2.45) is 0 Å². The summed E-state index contributed by atoms with van der Waals surface area (Å²) < 4.78 is 1.80. The van der Waals surface area contributed by atoms with Crippen molar-refractivity contribution in [3.8, 4) is 0 Å². The number of hydrogen-bond donors (Lipinski definition) is 0. The summed E-state index contributed by atoms with van der Waals surface area (Å²) in [6.07, 6.45) is 2.30. The Morgan fingerprint density at radius 2 is 2.11 bits per heavy atom. The van der Waals surface area contributed by atoms with Gasteiger partial charge in [-0.05, 0) is 26.3 Å². The first-order chi connectivity index (χ1) is 9.06. The van der Waals surface area contributed by atoms with Gasteiger partial charge in [0.15, 0.2) is 0 Å². The zero-order valence-electron chi connectivity index (χ0n) is 11.6. The quantitative estimate of drug-likeness (QED) is 0.827. The first-order valence-corrected chi connectivity index (χ1v) is 6.52. The van der Waals surface area contributed by atoms with Gasteiger partial charge in [-0.2, -0.15) is 5.10 Å². The molecular formula is C15H19N3O. The van der Waals surface area contributed by atoms with E-state index in [0.29, 0.717) is 12.8 Å². The summed E-state index contributed by atoms with van der Waals surface area (Å²) in [6.45, 7) is 6.09. The molecule has 0 aliphatic heterocycles. The van der Waals surface area contributed by atoms with Crippen LogP contribution in [0.2, 0.25) is 0 Å². The molecule has 0 spiro atoms. The molecule has 100 valence electrons. The zero-order chi connectivity index (χ0) is 13.8. The lowest BCUT2D eigenvalue weighted by Gasteiger charge is -2.08. The zero-order valence-corrected chi connectivity index (χ0v) is 11.6. The molecule has 2 aromatic rings. The van der Waals surface area contributed by atoms with Crippen molar-refractivity contribution in [3.63, 3.8) is 0 Å². The summed E-state index contributed by atoms with van der Waals surface area (Å²) >= 11 is 0. The van der Waals surface area contributed by atoms with Gasteiger partial charge in [-0.1, -0.05) is 29.8 Å². The summed E-state index contributed by atoms with van der Waals surface area (Å²) in [6, 6.07) is 8.27. The van der Waals surface area contributed by atoms with Crippen molar-refractivity contribution in [2.45, 2.75) is 39.7 Å². The lowest BCUT2D eigenvalue weighted by Crippen LogP contribution is -2.14. The molecule has 0 bridgehead atoms. The van der Waals surface area contributed by atoms with Gasteiger partial charge in [0.25, 0.3) is 0 Å². The lowest BCUT2D eigenvalue weighted by molar-refractivity contribution is -0.117. The topological polar surface area (TPSA) is 47.8 Å². The van der Waals surface area contributed by atoms with Crippen molar-refractivity contribution < 1.29 is 4.79 Å². The van der Waals surface area contributed by atoms with Crippen LogP contribution in [0.15, 0.2) is 30.6 Å². The third kappa shape index (κ3) is 3.50. The van der Waals surface area contributed by atoms with Gasteiger partial charge in [0, 0.05) is 12.5 Å². The van der Waals surface area contributed by atoms with Crippen molar-refractivity contribution >= 4 is 5.78 Å². The number of ketones is 1. The van der Waals surface area contributed by atoms with E-state index in [1.165, 1.54) is 11.9 Å². The minimum absolute atomic E-state index is 0.167. The minimum atomic E-state index is 0.167. The van der Waals surface area contributed by atoms with Gasteiger partial charge < -0.3 is 0 Å². The first kappa shape index (κ1) is 13.5. The molecule has 0 radical (unpaired) electrons. The summed E-state index contributed by atoms with van der Waals surface area (Å²) in [5.41, 5.74) is 2.23. The molecule has 0 atom stereocenters. The van der Waals surface area contributed by atoms with Gasteiger partial charge in [-0.25, -0.2) is 9.67 Å². The molecule has 0 unspecified atom stereocenters. The van der Waals surface area contributed by atoms with E-state index in [-0.39, 0.29) is 11.8 Å². The number of rotatable bonds is 5. The molecule has 0 fully saturated rings. The number of Topliss-reactive ketones (excluding diaryl/α,β-unsaturated/α-hetero) is 1. The highest BCUT2D eigenvalue weighted by atomic mass is 16.1. The average Bonchev–Trinajstić information content (AvgIpc) is 2.76. The number of benzene rings is 1. The highest BCUT2D eigenvalue weighted by molar-refractivity contribution is 5.82. The predicted octanol–water partition coefficient (Wildman–Crippen LogP) is 2.52. The van der Waals surface area contributed by atoms with Gasteiger partial charge in [0.2, 0.25) is 0 Å². The lowest BCUT2D eigenvalue weighted by atomic mass is 10.0. The Labute approximate surface area is 113 Å². The van der Waals surface area contributed by atoms with E-state index in [0.717, 1.165) is 11.4 Å². The van der Waals surface area contributed by atoms with Gasteiger partial charge in [0.1, 0.15) is 17.9 Å². The molecule has 1 aromatic carbocycles. The monoisotopic (exact) mass is 257 g/mol. The number of aromatic nitrogens is 3. The highest BCUT2D eigenvalue weighted by Gasteiger charge is 2.12. The van der Waals surface area contributed by atoms with Crippen LogP contribution >= 0.6 is 0 Å². The van der Waals surface area contributed by atoms with Crippen LogP contribution < -0.4 is 0 Å². The fourth-order valence-corrected chi connectivity index (χ4v) is 2.12. The smallest absolute Gasteiger partial charge is 0.144 e. The molecule has 4 heteroatoms. The SMILES string of the molecule is Cc1cccc(CC(=O)Cc2ncnn2C(C)C)c1. The fourth-order valence-electron chi connectivity index (χ4n) is 2.12. The van der Waals surface area contributed by atoms with E-state index in [2.05, 4.69) is 10.1 Å². The third-order valence-electron chi connectivity index (χ3n) is 2.98. The Morgan fingerprint density at radius 1 is 1.32 bits per heavy atom. The Hall–Kier alpha value is -1.97. The second kappa shape index (κ2) is 5.78. The molecule has 0 saturated heterocycles. The van der Waals surface area contributed by atoms with E-state index < -0.39 is 0 Å². The van der Waals surface area contributed by atoms with Gasteiger partial charge in [-0.3, -0.25) is 4.79 Å². The van der Waals surface area contributed by atoms with Crippen LogP contribution in [0.4, 0.5) is 0 Å². The fraction of sp³-hybridized carbons (Fsp3) is 0.400. The van der Waals surface area contributed by atoms with Crippen LogP contribution in [-0.4, -0.2) is 20.5 Å². The molecule has 0 amide bonds. The largest absolute Gasteiger partial charge is 0.299 e. The second-order valence-electron chi connectivity index (χ2n) is 5.10. The molecule has 2 rings (SSSR count). The first-order valence-electron chi connectivity index (χ1n) is 6.52. The molecule has 0 aliphatic rings. The Kier molecular flexibility index (Phi) is 4.10. The molecule has 0 saturated carbocycles. The van der Waals surface area contributed by atoms with E-state index in [1.807, 2.05) is 45.0 Å². The predicted molar refractivity (Wildman–Crippen MR) is 74.0 cm³/mol. The normalized spacial score (nSPS) is 10.9. The molecule has 0 N–H and O–H groups in total.